The number of aromatic nitrogens is 2. The van der Waals surface area contributed by atoms with Crippen molar-refractivity contribution in [2.75, 3.05) is 25.3 Å². The first-order valence-electron chi connectivity index (χ1n) is 7.29. The number of nitrogen functional groups attached to an aromatic ring is 1. The molecule has 0 aliphatic carbocycles. The monoisotopic (exact) mass is 378 g/mol. The predicted molar refractivity (Wildman–Crippen MR) is 94.2 cm³/mol. The molecule has 144 valence electrons. The average Bonchev–Trinajstić information content (AvgIpc) is 2.62. The second-order valence-electron chi connectivity index (χ2n) is 4.83. The van der Waals surface area contributed by atoms with E-state index in [2.05, 4.69) is 15.3 Å². The first-order chi connectivity index (χ1) is 12.7. The average molecular weight is 378 g/mol. The van der Waals surface area contributed by atoms with Crippen molar-refractivity contribution in [1.82, 2.24) is 9.97 Å². The molecule has 27 heavy (non-hydrogen) atoms. The van der Waals surface area contributed by atoms with Gasteiger partial charge in [-0.2, -0.15) is 0 Å². The second kappa shape index (κ2) is 9.56. The van der Waals surface area contributed by atoms with Gasteiger partial charge >= 0.3 is 11.9 Å². The summed E-state index contributed by atoms with van der Waals surface area (Å²) in [5.41, 5.74) is 5.19. The van der Waals surface area contributed by atoms with Crippen molar-refractivity contribution in [1.29, 1.82) is 0 Å². The Morgan fingerprint density at radius 1 is 0.926 bits per heavy atom. The Balaban J connectivity index is 0.000000277. The molecule has 11 nitrogen and oxygen atoms in total. The molecule has 0 unspecified atom stereocenters. The minimum atomic E-state index is -1.22. The van der Waals surface area contributed by atoms with Crippen LogP contribution in [0.2, 0.25) is 0 Å². The summed E-state index contributed by atoms with van der Waals surface area (Å²) in [4.78, 5) is 39.4. The predicted octanol–water partition coefficient (Wildman–Crippen LogP) is 1.12. The Kier molecular flexibility index (Phi) is 7.49. The highest BCUT2D eigenvalue weighted by molar-refractivity contribution is 5.98. The maximum atomic E-state index is 10.8. The van der Waals surface area contributed by atoms with E-state index in [0.717, 1.165) is 0 Å². The second-order valence-corrected chi connectivity index (χ2v) is 4.83. The van der Waals surface area contributed by atoms with Crippen LogP contribution >= 0.6 is 0 Å². The maximum absolute atomic E-state index is 10.8. The van der Waals surface area contributed by atoms with Gasteiger partial charge in [0.1, 0.15) is 0 Å². The molecule has 5 N–H and O–H groups in total. The summed E-state index contributed by atoms with van der Waals surface area (Å²) in [5.74, 6) is -2.32. The lowest BCUT2D eigenvalue weighted by Gasteiger charge is -2.06. The Labute approximate surface area is 153 Å². The Bertz CT molecular complexity index is 855. The van der Waals surface area contributed by atoms with Crippen molar-refractivity contribution in [2.45, 2.75) is 6.92 Å². The molecule has 2 heterocycles. The number of nitrogens with one attached hydrogen (secondary N) is 1. The zero-order valence-electron chi connectivity index (χ0n) is 14.7. The van der Waals surface area contributed by atoms with E-state index >= 15 is 0 Å². The van der Waals surface area contributed by atoms with Crippen LogP contribution in [0.25, 0.3) is 0 Å². The van der Waals surface area contributed by atoms with Gasteiger partial charge < -0.3 is 30.7 Å². The van der Waals surface area contributed by atoms with Crippen molar-refractivity contribution in [2.24, 2.45) is 0 Å². The molecule has 0 saturated heterocycles. The van der Waals surface area contributed by atoms with E-state index < -0.39 is 11.9 Å². The number of amides is 1. The molecule has 0 radical (unpaired) electrons. The van der Waals surface area contributed by atoms with Gasteiger partial charge in [0.05, 0.1) is 25.6 Å². The topological polar surface area (TPSA) is 174 Å². The lowest BCUT2D eigenvalue weighted by atomic mass is 10.3. The van der Waals surface area contributed by atoms with Gasteiger partial charge in [0.25, 0.3) is 0 Å². The van der Waals surface area contributed by atoms with Crippen LogP contribution < -0.4 is 20.5 Å². The number of carboxylic acid groups (broad SMARTS) is 2. The van der Waals surface area contributed by atoms with Crippen LogP contribution in [-0.4, -0.2) is 52.2 Å². The summed E-state index contributed by atoms with van der Waals surface area (Å²) in [6, 6.07) is 5.84. The number of carboxylic acids is 2. The third-order valence-corrected chi connectivity index (χ3v) is 2.90. The van der Waals surface area contributed by atoms with Crippen LogP contribution in [0.3, 0.4) is 0 Å². The highest BCUT2D eigenvalue weighted by atomic mass is 16.5. The molecule has 0 bridgehead atoms. The fourth-order valence-electron chi connectivity index (χ4n) is 1.75. The fraction of sp³-hybridized carbons (Fsp3) is 0.188. The fourth-order valence-corrected chi connectivity index (χ4v) is 1.75. The van der Waals surface area contributed by atoms with E-state index in [-0.39, 0.29) is 40.4 Å². The van der Waals surface area contributed by atoms with Gasteiger partial charge in [0, 0.05) is 19.1 Å². The molecule has 11 heteroatoms. The number of rotatable bonds is 5. The number of ether oxygens (including phenoxy) is 2. The van der Waals surface area contributed by atoms with Crippen molar-refractivity contribution in [3.63, 3.8) is 0 Å². The van der Waals surface area contributed by atoms with Gasteiger partial charge in [-0.15, -0.1) is 0 Å². The van der Waals surface area contributed by atoms with E-state index in [0.29, 0.717) is 0 Å². The number of aromatic carboxylic acids is 2. The summed E-state index contributed by atoms with van der Waals surface area (Å²) < 4.78 is 9.51. The van der Waals surface area contributed by atoms with Gasteiger partial charge in [-0.3, -0.25) is 4.79 Å². The van der Waals surface area contributed by atoms with Gasteiger partial charge in [-0.05, 0) is 12.1 Å². The van der Waals surface area contributed by atoms with E-state index in [1.54, 1.807) is 0 Å². The normalized spacial score (nSPS) is 9.44. The molecule has 0 atom stereocenters. The van der Waals surface area contributed by atoms with Gasteiger partial charge in [-0.1, -0.05) is 0 Å². The van der Waals surface area contributed by atoms with E-state index in [9.17, 15) is 14.4 Å². The van der Waals surface area contributed by atoms with Crippen molar-refractivity contribution in [3.05, 3.63) is 35.7 Å². The first-order valence-corrected chi connectivity index (χ1v) is 7.29. The van der Waals surface area contributed by atoms with E-state index in [1.807, 2.05) is 0 Å². The molecule has 2 aromatic rings. The Hall–Kier alpha value is -3.89. The van der Waals surface area contributed by atoms with Crippen LogP contribution in [0.5, 0.6) is 11.8 Å². The number of carbonyl (C=O) groups is 3. The third-order valence-electron chi connectivity index (χ3n) is 2.90. The highest BCUT2D eigenvalue weighted by Gasteiger charge is 2.14. The van der Waals surface area contributed by atoms with Crippen molar-refractivity contribution >= 4 is 29.2 Å². The standard InChI is InChI=1S/C9H10N2O4.C7H8N2O3/c1-5(12)10-6-3-4-7(15-2)11-8(6)9(13)14;1-12-5-3-2-4(8)6(9-5)7(10)11/h3-4H,1-2H3,(H,10,12)(H,13,14);2-3H,8H2,1H3,(H,10,11). The molecule has 1 amide bonds. The summed E-state index contributed by atoms with van der Waals surface area (Å²) in [6.45, 7) is 1.29. The molecule has 2 aromatic heterocycles. The van der Waals surface area contributed by atoms with Gasteiger partial charge in [-0.25, -0.2) is 19.6 Å². The third kappa shape index (κ3) is 6.16. The van der Waals surface area contributed by atoms with Crippen molar-refractivity contribution in [3.8, 4) is 11.8 Å². The number of hydrogen-bond acceptors (Lipinski definition) is 8. The molecule has 0 aliphatic rings. The lowest BCUT2D eigenvalue weighted by Crippen LogP contribution is -2.12. The molecule has 2 rings (SSSR count). The van der Waals surface area contributed by atoms with E-state index in [1.165, 1.54) is 45.4 Å². The SMILES string of the molecule is COc1ccc(N)c(C(=O)O)n1.COc1ccc(NC(C)=O)c(C(=O)O)n1. The quantitative estimate of drug-likeness (QED) is 0.590. The highest BCUT2D eigenvalue weighted by Crippen LogP contribution is 2.17. The summed E-state index contributed by atoms with van der Waals surface area (Å²) >= 11 is 0. The lowest BCUT2D eigenvalue weighted by molar-refractivity contribution is -0.114. The van der Waals surface area contributed by atoms with E-state index in [4.69, 9.17) is 25.4 Å². The van der Waals surface area contributed by atoms with Crippen LogP contribution in [0.1, 0.15) is 27.9 Å². The number of nitrogens with two attached hydrogens (primary N) is 1. The zero-order valence-corrected chi connectivity index (χ0v) is 14.7. The number of carbonyl (C=O) groups excluding carboxylic acids is 1. The minimum Gasteiger partial charge on any atom is -0.481 e. The van der Waals surface area contributed by atoms with Crippen LogP contribution in [0.15, 0.2) is 24.3 Å². The number of anilines is 2. The molecule has 0 fully saturated rings. The maximum Gasteiger partial charge on any atom is 0.356 e. The zero-order chi connectivity index (χ0) is 20.6. The molecular weight excluding hydrogens is 360 g/mol. The van der Waals surface area contributed by atoms with Crippen LogP contribution in [-0.2, 0) is 4.79 Å². The number of hydrogen-bond donors (Lipinski definition) is 4. The summed E-state index contributed by atoms with van der Waals surface area (Å²) in [5, 5.41) is 19.8. The number of methoxy groups -OCH3 is 2. The van der Waals surface area contributed by atoms with Gasteiger partial charge in [0.15, 0.2) is 11.4 Å². The van der Waals surface area contributed by atoms with Gasteiger partial charge in [0.2, 0.25) is 17.7 Å². The van der Waals surface area contributed by atoms with Crippen molar-refractivity contribution < 1.29 is 34.1 Å². The molecule has 0 saturated carbocycles. The first kappa shape index (κ1) is 21.2. The largest absolute Gasteiger partial charge is 0.481 e. The summed E-state index contributed by atoms with van der Waals surface area (Å²) in [6.07, 6.45) is 0. The molecule has 0 aromatic carbocycles. The molecular formula is C16H18N4O7. The Morgan fingerprint density at radius 3 is 1.85 bits per heavy atom. The molecule has 0 spiro atoms. The number of pyridine rings is 2. The van der Waals surface area contributed by atoms with Crippen LogP contribution in [0, 0.1) is 0 Å². The summed E-state index contributed by atoms with van der Waals surface area (Å²) in [7, 11) is 2.79. The number of nitrogens with zero attached hydrogens (tertiary/aromatic N) is 2. The smallest absolute Gasteiger partial charge is 0.356 e. The Morgan fingerprint density at radius 2 is 1.41 bits per heavy atom. The van der Waals surface area contributed by atoms with Crippen LogP contribution in [0.4, 0.5) is 11.4 Å². The minimum absolute atomic E-state index is 0.128. The molecule has 0 aliphatic heterocycles.